The van der Waals surface area contributed by atoms with Crippen LogP contribution < -0.4 is 0 Å². The predicted molar refractivity (Wildman–Crippen MR) is 96.9 cm³/mol. The highest BCUT2D eigenvalue weighted by Gasteiger charge is 2.28. The van der Waals surface area contributed by atoms with Crippen molar-refractivity contribution in [2.45, 2.75) is 18.9 Å². The molecule has 1 aliphatic heterocycles. The van der Waals surface area contributed by atoms with Gasteiger partial charge in [0.2, 0.25) is 0 Å². The van der Waals surface area contributed by atoms with Crippen molar-refractivity contribution < 1.29 is 0 Å². The first-order valence-electron chi connectivity index (χ1n) is 8.60. The van der Waals surface area contributed by atoms with Crippen LogP contribution in [0.3, 0.4) is 0 Å². The van der Waals surface area contributed by atoms with E-state index in [-0.39, 0.29) is 0 Å². The molecule has 0 amide bonds. The van der Waals surface area contributed by atoms with Crippen LogP contribution in [0.4, 0.5) is 0 Å². The molecule has 3 aromatic rings. The first-order valence-corrected chi connectivity index (χ1v) is 8.60. The molecular formula is C21H23N3. The maximum atomic E-state index is 4.65. The van der Waals surface area contributed by atoms with E-state index in [1.807, 2.05) is 6.20 Å². The summed E-state index contributed by atoms with van der Waals surface area (Å²) in [4.78, 5) is 7.13. The Bertz CT molecular complexity index is 786. The van der Waals surface area contributed by atoms with Gasteiger partial charge in [0, 0.05) is 44.4 Å². The standard InChI is InChI=1S/C21H23N3/c1-23-20(12-17-8-4-2-5-9-17)13-22-21(23)16-24-14-19(15-24)18-10-6-3-7-11-18/h2-11,13,19H,12,14-16H2,1H3. The zero-order chi connectivity index (χ0) is 16.4. The van der Waals surface area contributed by atoms with E-state index < -0.39 is 0 Å². The van der Waals surface area contributed by atoms with Crippen LogP contribution in [0.15, 0.2) is 66.9 Å². The number of rotatable bonds is 5. The first-order chi connectivity index (χ1) is 11.8. The topological polar surface area (TPSA) is 21.1 Å². The lowest BCUT2D eigenvalue weighted by atomic mass is 9.91. The first kappa shape index (κ1) is 15.2. The molecule has 0 bridgehead atoms. The fourth-order valence-corrected chi connectivity index (χ4v) is 3.44. The van der Waals surface area contributed by atoms with Gasteiger partial charge in [-0.25, -0.2) is 4.98 Å². The molecule has 24 heavy (non-hydrogen) atoms. The molecule has 2 heterocycles. The molecule has 3 heteroatoms. The second kappa shape index (κ2) is 6.62. The van der Waals surface area contributed by atoms with Crippen LogP contribution in [0.5, 0.6) is 0 Å². The molecule has 4 rings (SSSR count). The Morgan fingerprint density at radius 1 is 0.958 bits per heavy atom. The Morgan fingerprint density at radius 2 is 1.62 bits per heavy atom. The van der Waals surface area contributed by atoms with E-state index in [2.05, 4.69) is 82.2 Å². The lowest BCUT2D eigenvalue weighted by Crippen LogP contribution is -2.44. The minimum absolute atomic E-state index is 0.676. The second-order valence-electron chi connectivity index (χ2n) is 6.69. The van der Waals surface area contributed by atoms with E-state index in [4.69, 9.17) is 0 Å². The Balaban J connectivity index is 1.37. The summed E-state index contributed by atoms with van der Waals surface area (Å²) < 4.78 is 2.25. The van der Waals surface area contributed by atoms with Gasteiger partial charge in [0.15, 0.2) is 0 Å². The van der Waals surface area contributed by atoms with E-state index >= 15 is 0 Å². The van der Waals surface area contributed by atoms with Gasteiger partial charge in [0.1, 0.15) is 5.82 Å². The smallest absolute Gasteiger partial charge is 0.122 e. The molecule has 122 valence electrons. The van der Waals surface area contributed by atoms with Crippen LogP contribution in [0.2, 0.25) is 0 Å². The predicted octanol–water partition coefficient (Wildman–Crippen LogP) is 3.61. The van der Waals surface area contributed by atoms with Gasteiger partial charge in [-0.1, -0.05) is 60.7 Å². The number of benzene rings is 2. The molecule has 1 saturated heterocycles. The SMILES string of the molecule is Cn1c(Cc2ccccc2)cnc1CN1CC(c2ccccc2)C1. The Hall–Kier alpha value is -2.39. The van der Waals surface area contributed by atoms with E-state index in [0.717, 1.165) is 31.9 Å². The van der Waals surface area contributed by atoms with Gasteiger partial charge in [0.05, 0.1) is 6.54 Å². The highest BCUT2D eigenvalue weighted by Crippen LogP contribution is 2.28. The van der Waals surface area contributed by atoms with Crippen molar-refractivity contribution >= 4 is 0 Å². The van der Waals surface area contributed by atoms with Gasteiger partial charge in [-0.05, 0) is 11.1 Å². The fourth-order valence-electron chi connectivity index (χ4n) is 3.44. The average Bonchev–Trinajstić information content (AvgIpc) is 2.92. The monoisotopic (exact) mass is 317 g/mol. The van der Waals surface area contributed by atoms with Crippen molar-refractivity contribution in [3.8, 4) is 0 Å². The van der Waals surface area contributed by atoms with E-state index in [0.29, 0.717) is 5.92 Å². The summed E-state index contributed by atoms with van der Waals surface area (Å²) in [5.74, 6) is 1.84. The third-order valence-electron chi connectivity index (χ3n) is 5.00. The van der Waals surface area contributed by atoms with Crippen LogP contribution in [-0.4, -0.2) is 27.5 Å². The summed E-state index contributed by atoms with van der Waals surface area (Å²) in [6.45, 7) is 3.20. The summed E-state index contributed by atoms with van der Waals surface area (Å²) in [5, 5.41) is 0. The number of aromatic nitrogens is 2. The van der Waals surface area contributed by atoms with E-state index in [1.54, 1.807) is 0 Å². The number of imidazole rings is 1. The molecule has 0 spiro atoms. The van der Waals surface area contributed by atoms with Gasteiger partial charge < -0.3 is 4.57 Å². The van der Waals surface area contributed by atoms with Crippen LogP contribution in [-0.2, 0) is 20.0 Å². The van der Waals surface area contributed by atoms with Crippen molar-refractivity contribution in [1.29, 1.82) is 0 Å². The van der Waals surface area contributed by atoms with Crippen LogP contribution in [0.1, 0.15) is 28.6 Å². The molecule has 0 saturated carbocycles. The molecule has 0 unspecified atom stereocenters. The van der Waals surface area contributed by atoms with Gasteiger partial charge in [-0.2, -0.15) is 0 Å². The van der Waals surface area contributed by atoms with Crippen molar-refractivity contribution in [2.24, 2.45) is 7.05 Å². The van der Waals surface area contributed by atoms with Crippen LogP contribution in [0, 0.1) is 0 Å². The van der Waals surface area contributed by atoms with Gasteiger partial charge in [-0.3, -0.25) is 4.90 Å². The highest BCUT2D eigenvalue weighted by atomic mass is 15.2. The summed E-state index contributed by atoms with van der Waals surface area (Å²) in [5.41, 5.74) is 4.06. The second-order valence-corrected chi connectivity index (χ2v) is 6.69. The summed E-state index contributed by atoms with van der Waals surface area (Å²) >= 11 is 0. The largest absolute Gasteiger partial charge is 0.334 e. The minimum Gasteiger partial charge on any atom is -0.334 e. The molecule has 1 aliphatic rings. The lowest BCUT2D eigenvalue weighted by Gasteiger charge is -2.39. The molecule has 0 atom stereocenters. The van der Waals surface area contributed by atoms with Gasteiger partial charge >= 0.3 is 0 Å². The van der Waals surface area contributed by atoms with Crippen molar-refractivity contribution in [3.05, 3.63) is 89.5 Å². The Morgan fingerprint density at radius 3 is 2.33 bits per heavy atom. The molecule has 1 aromatic heterocycles. The Kier molecular flexibility index (Phi) is 4.18. The normalized spacial score (nSPS) is 15.4. The molecule has 0 radical (unpaired) electrons. The van der Waals surface area contributed by atoms with Crippen LogP contribution in [0.25, 0.3) is 0 Å². The molecule has 0 aliphatic carbocycles. The molecule has 2 aromatic carbocycles. The number of hydrogen-bond acceptors (Lipinski definition) is 2. The zero-order valence-corrected chi connectivity index (χ0v) is 14.1. The minimum atomic E-state index is 0.676. The van der Waals surface area contributed by atoms with Crippen molar-refractivity contribution in [3.63, 3.8) is 0 Å². The number of likely N-dealkylation sites (tertiary alicyclic amines) is 1. The highest BCUT2D eigenvalue weighted by molar-refractivity contribution is 5.24. The summed E-state index contributed by atoms with van der Waals surface area (Å²) in [6.07, 6.45) is 2.97. The van der Waals surface area contributed by atoms with Crippen molar-refractivity contribution in [2.75, 3.05) is 13.1 Å². The third-order valence-corrected chi connectivity index (χ3v) is 5.00. The van der Waals surface area contributed by atoms with Gasteiger partial charge in [0.25, 0.3) is 0 Å². The van der Waals surface area contributed by atoms with Crippen LogP contribution >= 0.6 is 0 Å². The number of hydrogen-bond donors (Lipinski definition) is 0. The molecule has 3 nitrogen and oxygen atoms in total. The van der Waals surface area contributed by atoms with E-state index in [1.165, 1.54) is 16.8 Å². The quantitative estimate of drug-likeness (QED) is 0.717. The zero-order valence-electron chi connectivity index (χ0n) is 14.1. The maximum Gasteiger partial charge on any atom is 0.122 e. The third kappa shape index (κ3) is 3.13. The van der Waals surface area contributed by atoms with E-state index in [9.17, 15) is 0 Å². The van der Waals surface area contributed by atoms with Gasteiger partial charge in [-0.15, -0.1) is 0 Å². The maximum absolute atomic E-state index is 4.65. The molecule has 1 fully saturated rings. The Labute approximate surface area is 143 Å². The molecular weight excluding hydrogens is 294 g/mol. The number of nitrogens with zero attached hydrogens (tertiary/aromatic N) is 3. The fraction of sp³-hybridized carbons (Fsp3) is 0.286. The average molecular weight is 317 g/mol. The summed E-state index contributed by atoms with van der Waals surface area (Å²) in [6, 6.07) is 21.4. The van der Waals surface area contributed by atoms with Crippen molar-refractivity contribution in [1.82, 2.24) is 14.5 Å². The molecule has 0 N–H and O–H groups in total. The summed E-state index contributed by atoms with van der Waals surface area (Å²) in [7, 11) is 2.13. The lowest BCUT2D eigenvalue weighted by molar-refractivity contribution is 0.134.